The first kappa shape index (κ1) is 21.9. The molecule has 5 nitrogen and oxygen atoms in total. The van der Waals surface area contributed by atoms with Gasteiger partial charge in [-0.25, -0.2) is 4.39 Å². The van der Waals surface area contributed by atoms with Crippen molar-refractivity contribution < 1.29 is 9.18 Å². The van der Waals surface area contributed by atoms with Gasteiger partial charge < -0.3 is 9.47 Å². The second-order valence-corrected chi connectivity index (χ2v) is 10.1. The predicted molar refractivity (Wildman–Crippen MR) is 128 cm³/mol. The monoisotopic (exact) mass is 493 g/mol. The molecule has 2 saturated heterocycles. The van der Waals surface area contributed by atoms with Crippen LogP contribution < -0.4 is 5.56 Å². The molecule has 168 valence electrons. The van der Waals surface area contributed by atoms with Crippen molar-refractivity contribution in [3.05, 3.63) is 55.7 Å². The second-order valence-electron chi connectivity index (χ2n) is 8.43. The molecule has 5 rings (SSSR count). The summed E-state index contributed by atoms with van der Waals surface area (Å²) in [6, 6.07) is 5.32. The lowest BCUT2D eigenvalue weighted by Gasteiger charge is -2.31. The van der Waals surface area contributed by atoms with Crippen molar-refractivity contribution in [2.24, 2.45) is 0 Å². The van der Waals surface area contributed by atoms with Crippen LogP contribution in [0.25, 0.3) is 21.2 Å². The van der Waals surface area contributed by atoms with E-state index in [4.69, 9.17) is 23.2 Å². The van der Waals surface area contributed by atoms with Crippen molar-refractivity contribution in [1.29, 1.82) is 0 Å². The molecule has 1 atom stereocenters. The van der Waals surface area contributed by atoms with Crippen LogP contribution in [0.5, 0.6) is 0 Å². The molecule has 2 aromatic heterocycles. The van der Waals surface area contributed by atoms with Gasteiger partial charge in [-0.1, -0.05) is 29.3 Å². The van der Waals surface area contributed by atoms with Crippen molar-refractivity contribution in [2.45, 2.75) is 32.1 Å². The number of carbonyl (C=O) groups excluding carboxylic acids is 1. The zero-order valence-corrected chi connectivity index (χ0v) is 19.6. The molecule has 2 aliphatic rings. The summed E-state index contributed by atoms with van der Waals surface area (Å²) in [4.78, 5) is 30.1. The third-order valence-corrected chi connectivity index (χ3v) is 8.03. The van der Waals surface area contributed by atoms with E-state index in [0.29, 0.717) is 28.4 Å². The number of pyridine rings is 1. The standard InChI is InChI=1S/C23H22Cl2FN3O2S/c24-18-3-2-14(8-19(18)25)17-13-32-22-15(9-27-5-1-6-27)10-29(23(31)21(17)22)12-20(30)28-7-4-16(26)11-28/h2-3,8,10,13,16H,1,4-7,9,11-12H2. The number of alkyl halides is 1. The van der Waals surface area contributed by atoms with E-state index in [9.17, 15) is 14.0 Å². The van der Waals surface area contributed by atoms with Crippen LogP contribution in [0.2, 0.25) is 10.0 Å². The summed E-state index contributed by atoms with van der Waals surface area (Å²) in [7, 11) is 0. The van der Waals surface area contributed by atoms with Crippen LogP contribution in [-0.2, 0) is 17.9 Å². The van der Waals surface area contributed by atoms with Gasteiger partial charge in [0.05, 0.1) is 22.0 Å². The van der Waals surface area contributed by atoms with Gasteiger partial charge in [-0.15, -0.1) is 11.3 Å². The van der Waals surface area contributed by atoms with E-state index in [2.05, 4.69) is 4.90 Å². The van der Waals surface area contributed by atoms with Gasteiger partial charge in [0.1, 0.15) is 12.7 Å². The summed E-state index contributed by atoms with van der Waals surface area (Å²) < 4.78 is 16.0. The zero-order valence-electron chi connectivity index (χ0n) is 17.3. The summed E-state index contributed by atoms with van der Waals surface area (Å²) in [5, 5.41) is 3.42. The SMILES string of the molecule is O=C(Cn1cc(CN2CCC2)c2scc(-c3ccc(Cl)c(Cl)c3)c2c1=O)N1CCC(F)C1. The average molecular weight is 494 g/mol. The van der Waals surface area contributed by atoms with Crippen LogP contribution >= 0.6 is 34.5 Å². The van der Waals surface area contributed by atoms with Crippen molar-refractivity contribution in [2.75, 3.05) is 26.2 Å². The van der Waals surface area contributed by atoms with Gasteiger partial charge in [-0.3, -0.25) is 14.5 Å². The minimum absolute atomic E-state index is 0.0921. The Labute approximate surface area is 198 Å². The first-order valence-corrected chi connectivity index (χ1v) is 12.3. The van der Waals surface area contributed by atoms with E-state index in [1.165, 1.54) is 27.2 Å². The lowest BCUT2D eigenvalue weighted by atomic mass is 10.0. The molecule has 0 saturated carbocycles. The third kappa shape index (κ3) is 4.07. The van der Waals surface area contributed by atoms with Crippen LogP contribution in [0.15, 0.2) is 34.6 Å². The summed E-state index contributed by atoms with van der Waals surface area (Å²) in [6.45, 7) is 3.17. The number of likely N-dealkylation sites (tertiary alicyclic amines) is 2. The maximum atomic E-state index is 13.6. The molecule has 2 aliphatic heterocycles. The van der Waals surface area contributed by atoms with Gasteiger partial charge in [0.15, 0.2) is 0 Å². The number of benzene rings is 1. The van der Waals surface area contributed by atoms with E-state index < -0.39 is 6.17 Å². The Morgan fingerprint density at radius 2 is 2.00 bits per heavy atom. The molecule has 1 aromatic carbocycles. The molecule has 0 radical (unpaired) electrons. The highest BCUT2D eigenvalue weighted by Crippen LogP contribution is 2.37. The number of nitrogens with zero attached hydrogens (tertiary/aromatic N) is 3. The van der Waals surface area contributed by atoms with Gasteiger partial charge in [-0.2, -0.15) is 0 Å². The van der Waals surface area contributed by atoms with E-state index in [0.717, 1.165) is 41.0 Å². The van der Waals surface area contributed by atoms with Gasteiger partial charge >= 0.3 is 0 Å². The quantitative estimate of drug-likeness (QED) is 0.512. The predicted octanol–water partition coefficient (Wildman–Crippen LogP) is 4.81. The molecule has 3 aromatic rings. The summed E-state index contributed by atoms with van der Waals surface area (Å²) in [6.07, 6.45) is 2.34. The molecule has 0 N–H and O–H groups in total. The summed E-state index contributed by atoms with van der Waals surface area (Å²) >= 11 is 13.8. The van der Waals surface area contributed by atoms with Gasteiger partial charge in [-0.05, 0) is 43.6 Å². The first-order valence-electron chi connectivity index (χ1n) is 10.6. The number of rotatable bonds is 5. The van der Waals surface area contributed by atoms with Crippen molar-refractivity contribution in [1.82, 2.24) is 14.4 Å². The number of halogens is 3. The Kier molecular flexibility index (Phi) is 6.01. The van der Waals surface area contributed by atoms with Crippen LogP contribution in [0.3, 0.4) is 0 Å². The number of hydrogen-bond donors (Lipinski definition) is 0. The highest BCUT2D eigenvalue weighted by atomic mass is 35.5. The molecule has 1 amide bonds. The van der Waals surface area contributed by atoms with Crippen LogP contribution in [0.4, 0.5) is 4.39 Å². The third-order valence-electron chi connectivity index (χ3n) is 6.23. The van der Waals surface area contributed by atoms with Gasteiger partial charge in [0.2, 0.25) is 5.91 Å². The Balaban J connectivity index is 1.59. The number of carbonyl (C=O) groups is 1. The molecule has 0 bridgehead atoms. The first-order chi connectivity index (χ1) is 15.4. The van der Waals surface area contributed by atoms with Crippen LogP contribution in [0, 0.1) is 0 Å². The van der Waals surface area contributed by atoms with Crippen molar-refractivity contribution >= 4 is 50.5 Å². The fourth-order valence-corrected chi connectivity index (χ4v) is 5.70. The molecular formula is C23H22Cl2FN3O2S. The lowest BCUT2D eigenvalue weighted by Crippen LogP contribution is -2.37. The number of fused-ring (bicyclic) bond motifs is 1. The van der Waals surface area contributed by atoms with E-state index in [1.54, 1.807) is 18.3 Å². The number of thiophene rings is 1. The van der Waals surface area contributed by atoms with Gasteiger partial charge in [0, 0.05) is 40.5 Å². The molecule has 0 spiro atoms. The van der Waals surface area contributed by atoms with E-state index >= 15 is 0 Å². The minimum Gasteiger partial charge on any atom is -0.338 e. The maximum Gasteiger partial charge on any atom is 0.260 e. The molecule has 2 fully saturated rings. The molecule has 4 heterocycles. The maximum absolute atomic E-state index is 13.6. The smallest absolute Gasteiger partial charge is 0.260 e. The lowest BCUT2D eigenvalue weighted by molar-refractivity contribution is -0.131. The average Bonchev–Trinajstić information content (AvgIpc) is 3.37. The largest absolute Gasteiger partial charge is 0.338 e. The van der Waals surface area contributed by atoms with Gasteiger partial charge in [0.25, 0.3) is 5.56 Å². The molecule has 32 heavy (non-hydrogen) atoms. The molecular weight excluding hydrogens is 472 g/mol. The number of amides is 1. The number of hydrogen-bond acceptors (Lipinski definition) is 4. The summed E-state index contributed by atoms with van der Waals surface area (Å²) in [5.74, 6) is -0.229. The van der Waals surface area contributed by atoms with E-state index in [1.807, 2.05) is 11.4 Å². The van der Waals surface area contributed by atoms with E-state index in [-0.39, 0.29) is 24.6 Å². The molecule has 1 unspecified atom stereocenters. The molecule has 0 aliphatic carbocycles. The topological polar surface area (TPSA) is 45.6 Å². The highest BCUT2D eigenvalue weighted by molar-refractivity contribution is 7.18. The zero-order chi connectivity index (χ0) is 22.4. The normalized spacial score (nSPS) is 19.0. The summed E-state index contributed by atoms with van der Waals surface area (Å²) in [5.41, 5.74) is 2.39. The number of aromatic nitrogens is 1. The fraction of sp³-hybridized carbons (Fsp3) is 0.391. The van der Waals surface area contributed by atoms with Crippen LogP contribution in [-0.4, -0.2) is 52.6 Å². The highest BCUT2D eigenvalue weighted by Gasteiger charge is 2.27. The minimum atomic E-state index is -0.988. The second kappa shape index (κ2) is 8.78. The Bertz CT molecular complexity index is 1250. The Hall–Kier alpha value is -1.93. The van der Waals surface area contributed by atoms with Crippen molar-refractivity contribution in [3.8, 4) is 11.1 Å². The Morgan fingerprint density at radius 1 is 1.19 bits per heavy atom. The Morgan fingerprint density at radius 3 is 2.66 bits per heavy atom. The van der Waals surface area contributed by atoms with Crippen molar-refractivity contribution in [3.63, 3.8) is 0 Å². The van der Waals surface area contributed by atoms with Crippen LogP contribution in [0.1, 0.15) is 18.4 Å². The molecule has 9 heteroatoms. The fourth-order valence-electron chi connectivity index (χ4n) is 4.33.